The predicted molar refractivity (Wildman–Crippen MR) is 304 cm³/mol. The van der Waals surface area contributed by atoms with Gasteiger partial charge in [-0.05, 0) is 55.7 Å². The van der Waals surface area contributed by atoms with Crippen molar-refractivity contribution in [3.05, 3.63) is 58.1 Å². The number of urea groups is 1. The van der Waals surface area contributed by atoms with E-state index in [1.807, 2.05) is 27.7 Å². The number of ether oxygens (including phenoxy) is 4. The minimum absolute atomic E-state index is 0.00817. The van der Waals surface area contributed by atoms with Crippen LogP contribution in [0.2, 0.25) is 0 Å². The van der Waals surface area contributed by atoms with Crippen LogP contribution in [-0.4, -0.2) is 225 Å². The summed E-state index contributed by atoms with van der Waals surface area (Å²) in [6.45, 7) is 9.91. The largest absolute Gasteiger partial charge is 0.462 e. The molecule has 28 heteroatoms. The predicted octanol–water partition coefficient (Wildman–Crippen LogP) is 0.139. The molecule has 0 aliphatic carbocycles. The Hall–Kier alpha value is -7.11. The van der Waals surface area contributed by atoms with Gasteiger partial charge >= 0.3 is 12.0 Å². The van der Waals surface area contributed by atoms with Crippen LogP contribution in [0.4, 0.5) is 4.79 Å². The summed E-state index contributed by atoms with van der Waals surface area (Å²) in [5.41, 5.74) is 5.73. The molecule has 0 saturated carbocycles. The number of nitrogens with zero attached hydrogens (tertiary/aromatic N) is 6. The zero-order chi connectivity index (χ0) is 62.4. The van der Waals surface area contributed by atoms with Gasteiger partial charge in [0.15, 0.2) is 6.10 Å². The summed E-state index contributed by atoms with van der Waals surface area (Å²) in [4.78, 5) is 146. The van der Waals surface area contributed by atoms with Gasteiger partial charge in [0, 0.05) is 110 Å². The van der Waals surface area contributed by atoms with E-state index in [0.29, 0.717) is 12.0 Å². The van der Waals surface area contributed by atoms with Crippen molar-refractivity contribution in [3.63, 3.8) is 0 Å². The molecule has 6 unspecified atom stereocenters. The summed E-state index contributed by atoms with van der Waals surface area (Å²) in [5, 5.41) is 42.5. The fourth-order valence-electron chi connectivity index (χ4n) is 10.5. The SMILES string of the molecule is CC[C@H](C)CC(=O)N(C)[C@H](C[C@@H](OC(C)=O)c1nc(C(=O)N(C)[C@H]2Cc3ccc(cc3)OC3OC(CO)C(O)C(O)C3OC(C)[C@@H](C(=O)N3CCN(C(=O)CCCN4C(=O)C=CC4=O)CC3)NC(=O)[C@H](CCCNC(N)=O)NC2=O)cs1)C(C)C. The molecule has 2 aromatic rings. The molecule has 7 rings (SSSR count). The van der Waals surface area contributed by atoms with Gasteiger partial charge in [-0.15, -0.1) is 11.3 Å². The van der Waals surface area contributed by atoms with Crippen LogP contribution in [0.15, 0.2) is 41.8 Å². The molecule has 1 aromatic carbocycles. The van der Waals surface area contributed by atoms with E-state index in [4.69, 9.17) is 24.7 Å². The van der Waals surface area contributed by atoms with Gasteiger partial charge in [0.2, 0.25) is 35.8 Å². The summed E-state index contributed by atoms with van der Waals surface area (Å²) in [5.74, 6) is -4.85. The zero-order valence-electron chi connectivity index (χ0n) is 49.4. The number of piperazine rings is 1. The molecule has 5 aliphatic heterocycles. The van der Waals surface area contributed by atoms with E-state index in [1.54, 1.807) is 24.1 Å². The standard InChI is InChI=1S/C57H82N10O17S/c1-9-32(4)26-46(73)63(7)39(31(2)3)28-41(82-34(6)69)53-61-38(30-85-53)54(78)64(8)40-27-35-14-16-36(17-15-35)83-56-50(49(75)48(74)42(29-68)84-56)81-33(5)47(62-51(76)37(60-52(40)77)12-10-20-59-57(58)80)55(79)66-24-22-65(23-25-66)43(70)13-11-21-67-44(71)18-19-45(67)72/h14-19,30-33,37,39-42,47-50,56,68,74-75H,9-13,20-29H2,1-8H3,(H,60,77)(H,62,76)(H3,58,59,80)/t32-,33?,37-,39+,40-,41+,42?,47-,48?,49?,50?,56?/m0/s1. The van der Waals surface area contributed by atoms with E-state index in [2.05, 4.69) is 20.9 Å². The monoisotopic (exact) mass is 1210 g/mol. The molecule has 5 aliphatic rings. The third-order valence-electron chi connectivity index (χ3n) is 15.8. The van der Waals surface area contributed by atoms with Crippen LogP contribution >= 0.6 is 11.3 Å². The third-order valence-corrected chi connectivity index (χ3v) is 16.7. The Balaban J connectivity index is 1.31. The lowest BCUT2D eigenvalue weighted by atomic mass is 9.95. The number of aromatic nitrogens is 1. The second kappa shape index (κ2) is 30.8. The highest BCUT2D eigenvalue weighted by Gasteiger charge is 2.49. The number of nitrogens with one attached hydrogen (secondary N) is 3. The summed E-state index contributed by atoms with van der Waals surface area (Å²) >= 11 is 1.05. The molecular formula is C57H82N10O17S. The van der Waals surface area contributed by atoms with Gasteiger partial charge in [-0.25, -0.2) is 9.78 Å². The lowest BCUT2D eigenvalue weighted by molar-refractivity contribution is -0.295. The first-order chi connectivity index (χ1) is 40.3. The molecule has 2 fully saturated rings. The van der Waals surface area contributed by atoms with Crippen molar-refractivity contribution >= 4 is 70.6 Å². The van der Waals surface area contributed by atoms with Crippen molar-refractivity contribution in [2.75, 3.05) is 60.0 Å². The normalized spacial score (nSPS) is 25.0. The molecule has 0 radical (unpaired) electrons. The Morgan fingerprint density at radius 3 is 2.19 bits per heavy atom. The van der Waals surface area contributed by atoms with Crippen LogP contribution in [0.5, 0.6) is 5.75 Å². The molecule has 468 valence electrons. The Morgan fingerprint density at radius 2 is 1.58 bits per heavy atom. The Labute approximate surface area is 497 Å². The van der Waals surface area contributed by atoms with E-state index in [-0.39, 0.29) is 124 Å². The van der Waals surface area contributed by atoms with E-state index in [9.17, 15) is 63.3 Å². The first-order valence-electron chi connectivity index (χ1n) is 28.7. The van der Waals surface area contributed by atoms with Gasteiger partial charge < -0.3 is 75.6 Å². The molecule has 2 saturated heterocycles. The molecular weight excluding hydrogens is 1130 g/mol. The van der Waals surface area contributed by atoms with Crippen molar-refractivity contribution in [2.24, 2.45) is 17.6 Å². The smallest absolute Gasteiger partial charge is 0.312 e. The third kappa shape index (κ3) is 17.7. The number of primary amides is 1. The van der Waals surface area contributed by atoms with Crippen molar-refractivity contribution in [3.8, 4) is 5.75 Å². The fraction of sp³-hybridized carbons (Fsp3) is 0.632. The van der Waals surface area contributed by atoms with Crippen LogP contribution in [0.3, 0.4) is 0 Å². The van der Waals surface area contributed by atoms with Gasteiger partial charge in [0.1, 0.15) is 59.0 Å². The number of imide groups is 1. The lowest BCUT2D eigenvalue weighted by Crippen LogP contribution is -2.65. The quantitative estimate of drug-likeness (QED) is 0.0378. The van der Waals surface area contributed by atoms with Crippen LogP contribution in [-0.2, 0) is 59.0 Å². The number of amides is 10. The number of fused-ring (bicyclic) bond motifs is 11. The maximum Gasteiger partial charge on any atom is 0.312 e. The Morgan fingerprint density at radius 1 is 0.918 bits per heavy atom. The van der Waals surface area contributed by atoms with Gasteiger partial charge in [-0.3, -0.25) is 48.1 Å². The highest BCUT2D eigenvalue weighted by Crippen LogP contribution is 2.33. The van der Waals surface area contributed by atoms with E-state index in [1.165, 1.54) is 48.2 Å². The zero-order valence-corrected chi connectivity index (χ0v) is 50.2. The molecule has 8 N–H and O–H groups in total. The molecule has 6 heterocycles. The van der Waals surface area contributed by atoms with Gasteiger partial charge in [-0.2, -0.15) is 0 Å². The second-order valence-corrected chi connectivity index (χ2v) is 23.2. The average Bonchev–Trinajstić information content (AvgIpc) is 4.20. The minimum atomic E-state index is -1.78. The minimum Gasteiger partial charge on any atom is -0.462 e. The second-order valence-electron chi connectivity index (χ2n) is 22.3. The molecule has 12 atom stereocenters. The van der Waals surface area contributed by atoms with Gasteiger partial charge in [0.05, 0.1) is 12.7 Å². The summed E-state index contributed by atoms with van der Waals surface area (Å²) in [6, 6.07) is 0.519. The number of carbonyl (C=O) groups excluding carboxylic acids is 10. The van der Waals surface area contributed by atoms with Crippen LogP contribution < -0.4 is 26.4 Å². The van der Waals surface area contributed by atoms with E-state index < -0.39 is 115 Å². The maximum absolute atomic E-state index is 15.0. The number of carbonyl (C=O) groups is 10. The summed E-state index contributed by atoms with van der Waals surface area (Å²) in [6.07, 6.45) is -6.73. The number of hydrogen-bond acceptors (Lipinski definition) is 19. The Kier molecular flexibility index (Phi) is 24.3. The van der Waals surface area contributed by atoms with Gasteiger partial charge in [0.25, 0.3) is 17.7 Å². The van der Waals surface area contributed by atoms with Crippen molar-refractivity contribution in [1.29, 1.82) is 0 Å². The average molecular weight is 1210 g/mol. The number of rotatable bonds is 21. The number of hydrogen-bond donors (Lipinski definition) is 7. The first-order valence-corrected chi connectivity index (χ1v) is 29.6. The molecule has 85 heavy (non-hydrogen) atoms. The number of likely N-dealkylation sites (N-methyl/N-ethyl adjacent to an activating group) is 1. The Bertz CT molecular complexity index is 2720. The van der Waals surface area contributed by atoms with Crippen LogP contribution in [0.25, 0.3) is 0 Å². The number of thiazole rings is 1. The number of benzene rings is 1. The highest BCUT2D eigenvalue weighted by molar-refractivity contribution is 7.09. The van der Waals surface area contributed by atoms with Crippen molar-refractivity contribution in [1.82, 2.24) is 45.4 Å². The summed E-state index contributed by atoms with van der Waals surface area (Å²) < 4.78 is 24.3. The number of nitrogens with two attached hydrogens (primary N) is 1. The fourth-order valence-corrected chi connectivity index (χ4v) is 11.3. The lowest BCUT2D eigenvalue weighted by Gasteiger charge is -2.43. The van der Waals surface area contributed by atoms with Crippen molar-refractivity contribution in [2.45, 2.75) is 160 Å². The molecule has 1 aromatic heterocycles. The van der Waals surface area contributed by atoms with Gasteiger partial charge in [-0.1, -0.05) is 46.2 Å². The maximum atomic E-state index is 15.0. The highest BCUT2D eigenvalue weighted by atomic mass is 32.1. The molecule has 2 bridgehead atoms. The summed E-state index contributed by atoms with van der Waals surface area (Å²) in [7, 11) is 3.09. The first kappa shape index (κ1) is 67.0. The topological polar surface area (TPSA) is 360 Å². The number of aliphatic hydroxyl groups is 3. The van der Waals surface area contributed by atoms with E-state index >= 15 is 0 Å². The molecule has 10 amide bonds. The number of aliphatic hydroxyl groups excluding tert-OH is 3. The van der Waals surface area contributed by atoms with Crippen LogP contribution in [0, 0.1) is 11.8 Å². The number of esters is 1. The van der Waals surface area contributed by atoms with Crippen LogP contribution in [0.1, 0.15) is 114 Å². The van der Waals surface area contributed by atoms with E-state index in [0.717, 1.165) is 39.7 Å². The molecule has 0 spiro atoms. The molecule has 27 nitrogen and oxygen atoms in total. The van der Waals surface area contributed by atoms with Crippen molar-refractivity contribution < 1.29 is 82.2 Å².